The van der Waals surface area contributed by atoms with E-state index in [1.807, 2.05) is 0 Å². The second kappa shape index (κ2) is 9.32. The van der Waals surface area contributed by atoms with Gasteiger partial charge < -0.3 is 14.8 Å². The molecule has 144 valence electrons. The molecule has 0 aliphatic rings. The number of hydrogen-bond donors (Lipinski definition) is 1. The summed E-state index contributed by atoms with van der Waals surface area (Å²) in [6.07, 6.45) is -0.967. The van der Waals surface area contributed by atoms with Crippen molar-refractivity contribution in [2.45, 2.75) is 32.9 Å². The van der Waals surface area contributed by atoms with Crippen LogP contribution in [-0.4, -0.2) is 36.9 Å². The zero-order valence-corrected chi connectivity index (χ0v) is 16.5. The minimum absolute atomic E-state index is 0.190. The van der Waals surface area contributed by atoms with Gasteiger partial charge in [-0.1, -0.05) is 19.9 Å². The third kappa shape index (κ3) is 5.40. The molecule has 2 rings (SSSR count). The monoisotopic (exact) mass is 389 g/mol. The topological polar surface area (TPSA) is 81.7 Å². The van der Waals surface area contributed by atoms with Crippen molar-refractivity contribution in [1.82, 2.24) is 5.32 Å². The third-order valence-electron chi connectivity index (χ3n) is 3.99. The molecule has 0 saturated carbocycles. The van der Waals surface area contributed by atoms with Gasteiger partial charge in [0.25, 0.3) is 5.91 Å². The fourth-order valence-electron chi connectivity index (χ4n) is 2.41. The molecule has 1 aromatic carbocycles. The Labute approximate surface area is 162 Å². The van der Waals surface area contributed by atoms with Gasteiger partial charge in [0.1, 0.15) is 11.8 Å². The van der Waals surface area contributed by atoms with Crippen molar-refractivity contribution < 1.29 is 23.9 Å². The van der Waals surface area contributed by atoms with E-state index in [4.69, 9.17) is 9.47 Å². The lowest BCUT2D eigenvalue weighted by Gasteiger charge is -2.22. The number of methoxy groups -OCH3 is 1. The molecule has 0 spiro atoms. The molecule has 2 aromatic rings. The quantitative estimate of drug-likeness (QED) is 0.553. The van der Waals surface area contributed by atoms with E-state index in [1.54, 1.807) is 55.6 Å². The molecule has 1 amide bonds. The molecule has 1 N–H and O–H groups in total. The molecule has 2 atom stereocenters. The van der Waals surface area contributed by atoms with E-state index < -0.39 is 18.1 Å². The number of benzene rings is 1. The first kappa shape index (κ1) is 20.6. The first-order valence-electron chi connectivity index (χ1n) is 8.56. The van der Waals surface area contributed by atoms with Crippen LogP contribution in [0.5, 0.6) is 5.75 Å². The van der Waals surface area contributed by atoms with Crippen LogP contribution < -0.4 is 10.1 Å². The maximum Gasteiger partial charge on any atom is 0.329 e. The normalized spacial score (nSPS) is 12.9. The fourth-order valence-corrected chi connectivity index (χ4v) is 3.04. The summed E-state index contributed by atoms with van der Waals surface area (Å²) in [4.78, 5) is 37.8. The van der Waals surface area contributed by atoms with E-state index in [9.17, 15) is 14.4 Å². The SMILES string of the molecule is COc1ccc(C(=O)[C@@H](C)OC(=O)[C@@H](NC(=O)c2cccs2)C(C)C)cc1. The summed E-state index contributed by atoms with van der Waals surface area (Å²) < 4.78 is 10.4. The van der Waals surface area contributed by atoms with Crippen LogP contribution in [-0.2, 0) is 9.53 Å². The summed E-state index contributed by atoms with van der Waals surface area (Å²) in [6, 6.07) is 9.16. The Hall–Kier alpha value is -2.67. The standard InChI is InChI=1S/C20H23NO5S/c1-12(2)17(21-19(23)16-6-5-11-27-16)20(24)26-13(3)18(22)14-7-9-15(25-4)10-8-14/h5-13,17H,1-4H3,(H,21,23)/t13-,17+/m1/s1. The van der Waals surface area contributed by atoms with Crippen molar-refractivity contribution in [3.05, 3.63) is 52.2 Å². The Balaban J connectivity index is 2.02. The van der Waals surface area contributed by atoms with Gasteiger partial charge in [-0.25, -0.2) is 4.79 Å². The molecule has 1 aromatic heterocycles. The Bertz CT molecular complexity index is 783. The summed E-state index contributed by atoms with van der Waals surface area (Å²) in [5.74, 6) is -0.853. The first-order valence-corrected chi connectivity index (χ1v) is 9.44. The van der Waals surface area contributed by atoms with Crippen LogP contribution in [0.2, 0.25) is 0 Å². The fraction of sp³-hybridized carbons (Fsp3) is 0.350. The summed E-state index contributed by atoms with van der Waals surface area (Å²) in [5.41, 5.74) is 0.416. The predicted molar refractivity (Wildman–Crippen MR) is 103 cm³/mol. The number of ketones is 1. The minimum atomic E-state index is -0.967. The van der Waals surface area contributed by atoms with Gasteiger partial charge in [0.15, 0.2) is 6.10 Å². The summed E-state index contributed by atoms with van der Waals surface area (Å²) in [5, 5.41) is 4.47. The van der Waals surface area contributed by atoms with Crippen molar-refractivity contribution in [3.8, 4) is 5.75 Å². The first-order chi connectivity index (χ1) is 12.8. The van der Waals surface area contributed by atoms with E-state index in [1.165, 1.54) is 25.4 Å². The third-order valence-corrected chi connectivity index (χ3v) is 4.86. The van der Waals surface area contributed by atoms with Crippen LogP contribution in [0.25, 0.3) is 0 Å². The van der Waals surface area contributed by atoms with Gasteiger partial charge in [0, 0.05) is 5.56 Å². The van der Waals surface area contributed by atoms with Gasteiger partial charge in [0.05, 0.1) is 12.0 Å². The number of ether oxygens (including phenoxy) is 2. The maximum absolute atomic E-state index is 12.5. The van der Waals surface area contributed by atoms with Crippen molar-refractivity contribution >= 4 is 29.0 Å². The second-order valence-electron chi connectivity index (χ2n) is 6.34. The minimum Gasteiger partial charge on any atom is -0.497 e. The van der Waals surface area contributed by atoms with Gasteiger partial charge in [-0.3, -0.25) is 9.59 Å². The average molecular weight is 389 g/mol. The number of thiophene rings is 1. The van der Waals surface area contributed by atoms with E-state index >= 15 is 0 Å². The zero-order valence-electron chi connectivity index (χ0n) is 15.7. The Kier molecular flexibility index (Phi) is 7.12. The highest BCUT2D eigenvalue weighted by Crippen LogP contribution is 2.15. The smallest absolute Gasteiger partial charge is 0.329 e. The van der Waals surface area contributed by atoms with Crippen molar-refractivity contribution in [3.63, 3.8) is 0 Å². The lowest BCUT2D eigenvalue weighted by atomic mass is 10.0. The van der Waals surface area contributed by atoms with Crippen LogP contribution in [0.4, 0.5) is 0 Å². The average Bonchev–Trinajstić information content (AvgIpc) is 3.19. The number of amides is 1. The number of esters is 1. The molecule has 27 heavy (non-hydrogen) atoms. The van der Waals surface area contributed by atoms with E-state index in [0.29, 0.717) is 16.2 Å². The molecular formula is C20H23NO5S. The molecule has 0 radical (unpaired) electrons. The number of hydrogen-bond acceptors (Lipinski definition) is 6. The van der Waals surface area contributed by atoms with E-state index in [2.05, 4.69) is 5.32 Å². The molecule has 0 saturated heterocycles. The highest BCUT2D eigenvalue weighted by atomic mass is 32.1. The molecule has 7 heteroatoms. The number of carbonyl (C=O) groups is 3. The Morgan fingerprint density at radius 3 is 2.22 bits per heavy atom. The van der Waals surface area contributed by atoms with Crippen molar-refractivity contribution in [2.75, 3.05) is 7.11 Å². The number of nitrogens with one attached hydrogen (secondary N) is 1. The molecule has 0 aliphatic heterocycles. The molecule has 1 heterocycles. The molecular weight excluding hydrogens is 366 g/mol. The van der Waals surface area contributed by atoms with Gasteiger partial charge in [-0.05, 0) is 48.6 Å². The maximum atomic E-state index is 12.5. The van der Waals surface area contributed by atoms with Crippen LogP contribution in [0.3, 0.4) is 0 Å². The van der Waals surface area contributed by atoms with Crippen molar-refractivity contribution in [2.24, 2.45) is 5.92 Å². The van der Waals surface area contributed by atoms with E-state index in [-0.39, 0.29) is 17.6 Å². The van der Waals surface area contributed by atoms with Crippen LogP contribution in [0.1, 0.15) is 40.8 Å². The molecule has 6 nitrogen and oxygen atoms in total. The lowest BCUT2D eigenvalue weighted by Crippen LogP contribution is -2.46. The highest BCUT2D eigenvalue weighted by Gasteiger charge is 2.29. The van der Waals surface area contributed by atoms with Gasteiger partial charge in [-0.15, -0.1) is 11.3 Å². The van der Waals surface area contributed by atoms with Crippen LogP contribution >= 0.6 is 11.3 Å². The Morgan fingerprint density at radius 1 is 1.04 bits per heavy atom. The van der Waals surface area contributed by atoms with Gasteiger partial charge >= 0.3 is 5.97 Å². The lowest BCUT2D eigenvalue weighted by molar-refractivity contribution is -0.149. The number of carbonyl (C=O) groups excluding carboxylic acids is 3. The predicted octanol–water partition coefficient (Wildman–Crippen LogP) is 3.33. The van der Waals surface area contributed by atoms with Gasteiger partial charge in [0.2, 0.25) is 5.78 Å². The number of Topliss-reactive ketones (excluding diaryl/α,β-unsaturated/α-hetero) is 1. The zero-order chi connectivity index (χ0) is 20.0. The van der Waals surface area contributed by atoms with Crippen LogP contribution in [0, 0.1) is 5.92 Å². The molecule has 0 bridgehead atoms. The second-order valence-corrected chi connectivity index (χ2v) is 7.29. The summed E-state index contributed by atoms with van der Waals surface area (Å²) >= 11 is 1.29. The largest absolute Gasteiger partial charge is 0.497 e. The van der Waals surface area contributed by atoms with Gasteiger partial charge in [-0.2, -0.15) is 0 Å². The summed E-state index contributed by atoms with van der Waals surface area (Å²) in [7, 11) is 1.54. The van der Waals surface area contributed by atoms with Crippen LogP contribution in [0.15, 0.2) is 41.8 Å². The summed E-state index contributed by atoms with van der Waals surface area (Å²) in [6.45, 7) is 5.12. The van der Waals surface area contributed by atoms with E-state index in [0.717, 1.165) is 0 Å². The highest BCUT2D eigenvalue weighted by molar-refractivity contribution is 7.12. The molecule has 0 fully saturated rings. The Morgan fingerprint density at radius 2 is 1.70 bits per heavy atom. The molecule has 0 aliphatic carbocycles. The number of rotatable bonds is 8. The van der Waals surface area contributed by atoms with Crippen molar-refractivity contribution in [1.29, 1.82) is 0 Å². The molecule has 0 unspecified atom stereocenters.